The van der Waals surface area contributed by atoms with Crippen molar-refractivity contribution < 1.29 is 0 Å². The summed E-state index contributed by atoms with van der Waals surface area (Å²) in [6.07, 6.45) is 4.42. The van der Waals surface area contributed by atoms with Crippen molar-refractivity contribution in [3.8, 4) is 0 Å². The molecule has 18 heavy (non-hydrogen) atoms. The van der Waals surface area contributed by atoms with Crippen LogP contribution in [0.5, 0.6) is 0 Å². The fourth-order valence-electron chi connectivity index (χ4n) is 5.96. The minimum absolute atomic E-state index is 0.148. The summed E-state index contributed by atoms with van der Waals surface area (Å²) in [7, 11) is 0. The molecule has 98 valence electrons. The Hall–Kier alpha value is 1.48. The van der Waals surface area contributed by atoms with Crippen molar-refractivity contribution in [1.82, 2.24) is 0 Å². The Morgan fingerprint density at radius 2 is 1.28 bits per heavy atom. The molecule has 0 heterocycles. The fourth-order valence-corrected chi connectivity index (χ4v) is 9.99. The molecule has 6 bridgehead atoms. The van der Waals surface area contributed by atoms with E-state index in [1.807, 2.05) is 0 Å². The second kappa shape index (κ2) is 2.73. The number of hydrogen-bond acceptors (Lipinski definition) is 0. The summed E-state index contributed by atoms with van der Waals surface area (Å²) in [5.41, 5.74) is 0. The Labute approximate surface area is 135 Å². The van der Waals surface area contributed by atoms with Crippen molar-refractivity contribution in [3.63, 3.8) is 0 Å². The number of fused-ring (bicyclic) bond motifs is 3. The highest BCUT2D eigenvalue weighted by Gasteiger charge is 3.00. The zero-order chi connectivity index (χ0) is 12.9. The summed E-state index contributed by atoms with van der Waals surface area (Å²) in [5, 5.41) is -0.492. The van der Waals surface area contributed by atoms with Crippen LogP contribution in [0.1, 0.15) is 0 Å². The Morgan fingerprint density at radius 1 is 0.722 bits per heavy atom. The summed E-state index contributed by atoms with van der Waals surface area (Å²) in [4.78, 5) is -2.65. The Kier molecular flexibility index (Phi) is 1.83. The normalized spacial score (nSPS) is 76.1. The van der Waals surface area contributed by atoms with Crippen molar-refractivity contribution in [2.45, 2.75) is 24.3 Å². The lowest BCUT2D eigenvalue weighted by Gasteiger charge is -2.53. The van der Waals surface area contributed by atoms with E-state index in [4.69, 9.17) is 69.6 Å². The van der Waals surface area contributed by atoms with E-state index in [2.05, 4.69) is 12.2 Å². The van der Waals surface area contributed by atoms with Crippen molar-refractivity contribution in [2.24, 2.45) is 29.6 Å². The highest BCUT2D eigenvalue weighted by Crippen LogP contribution is 2.92. The van der Waals surface area contributed by atoms with Gasteiger partial charge in [0.05, 0.1) is 10.3 Å². The van der Waals surface area contributed by atoms with Crippen molar-refractivity contribution in [2.75, 3.05) is 0 Å². The fraction of sp³-hybridized carbons (Fsp3) is 0.833. The van der Waals surface area contributed by atoms with E-state index in [0.29, 0.717) is 11.8 Å². The zero-order valence-electron chi connectivity index (χ0n) is 8.89. The standard InChI is InChI=1S/C12H8Cl6/c13-8-9(14)5-3-1-2-4(5)7-6(3)10(8,15)12(17,18)11(7,9)16/h1-8H/t3-,4+,5-,6?,7-,8+,9-,10+,11-/m0/s1. The zero-order valence-corrected chi connectivity index (χ0v) is 13.4. The van der Waals surface area contributed by atoms with Gasteiger partial charge in [0.15, 0.2) is 4.33 Å². The molecule has 4 fully saturated rings. The molecule has 0 N–H and O–H groups in total. The predicted octanol–water partition coefficient (Wildman–Crippen LogP) is 4.41. The van der Waals surface area contributed by atoms with Crippen LogP contribution in [0.2, 0.25) is 0 Å². The SMILES string of the molecule is Cl[C@@H]1[C@@]2(Cl)[C@@H]3[C@H]4C=C[C@@H]3C3[C@H]4[C@@]2(Cl)C(Cl)(Cl)[C@@]31Cl. The molecule has 0 radical (unpaired) electrons. The molecule has 0 aromatic heterocycles. The van der Waals surface area contributed by atoms with E-state index < -0.39 is 24.3 Å². The van der Waals surface area contributed by atoms with E-state index in [9.17, 15) is 0 Å². The molecule has 5 aliphatic carbocycles. The first kappa shape index (κ1) is 12.1. The van der Waals surface area contributed by atoms with Crippen LogP contribution in [-0.2, 0) is 0 Å². The molecule has 0 nitrogen and oxygen atoms in total. The quantitative estimate of drug-likeness (QED) is 0.441. The lowest BCUT2D eigenvalue weighted by atomic mass is 9.63. The van der Waals surface area contributed by atoms with Crippen LogP contribution < -0.4 is 0 Å². The third kappa shape index (κ3) is 0.681. The molecule has 5 aliphatic rings. The van der Waals surface area contributed by atoms with Crippen LogP contribution in [0.15, 0.2) is 12.2 Å². The predicted molar refractivity (Wildman–Crippen MR) is 76.4 cm³/mol. The van der Waals surface area contributed by atoms with E-state index in [-0.39, 0.29) is 17.8 Å². The molecule has 0 aromatic rings. The Morgan fingerprint density at radius 3 is 1.89 bits per heavy atom. The number of alkyl halides is 6. The highest BCUT2D eigenvalue weighted by molar-refractivity contribution is 6.63. The van der Waals surface area contributed by atoms with Crippen LogP contribution in [-0.4, -0.2) is 24.3 Å². The summed E-state index contributed by atoms with van der Waals surface area (Å²) in [6, 6.07) is 0. The molecule has 4 saturated carbocycles. The van der Waals surface area contributed by atoms with Crippen molar-refractivity contribution in [3.05, 3.63) is 12.2 Å². The topological polar surface area (TPSA) is 0 Å². The van der Waals surface area contributed by atoms with Gasteiger partial charge in [-0.2, -0.15) is 0 Å². The first-order valence-corrected chi connectivity index (χ1v) is 8.35. The molecule has 6 heteroatoms. The van der Waals surface area contributed by atoms with Crippen LogP contribution in [0.3, 0.4) is 0 Å². The van der Waals surface area contributed by atoms with Gasteiger partial charge in [-0.25, -0.2) is 0 Å². The number of hydrogen-bond donors (Lipinski definition) is 0. The van der Waals surface area contributed by atoms with E-state index in [0.717, 1.165) is 0 Å². The molecule has 1 unspecified atom stereocenters. The third-order valence-electron chi connectivity index (χ3n) is 6.26. The average molecular weight is 365 g/mol. The maximum Gasteiger partial charge on any atom is 0.160 e. The van der Waals surface area contributed by atoms with Gasteiger partial charge in [-0.15, -0.1) is 46.4 Å². The monoisotopic (exact) mass is 362 g/mol. The molecule has 0 saturated heterocycles. The molecule has 0 spiro atoms. The maximum absolute atomic E-state index is 6.92. The summed E-state index contributed by atoms with van der Waals surface area (Å²) < 4.78 is -1.28. The van der Waals surface area contributed by atoms with E-state index in [1.165, 1.54) is 0 Å². The minimum Gasteiger partial charge on any atom is -0.119 e. The number of halogens is 6. The summed E-state index contributed by atoms with van der Waals surface area (Å²) in [6.45, 7) is 0. The van der Waals surface area contributed by atoms with Gasteiger partial charge in [0.2, 0.25) is 0 Å². The van der Waals surface area contributed by atoms with Crippen LogP contribution in [0.4, 0.5) is 0 Å². The second-order valence-corrected chi connectivity index (χ2v) is 9.91. The Balaban J connectivity index is 1.94. The first-order valence-electron chi connectivity index (χ1n) is 6.02. The molecule has 0 amide bonds. The summed E-state index contributed by atoms with van der Waals surface area (Å²) in [5.74, 6) is 1.20. The average Bonchev–Trinajstić information content (AvgIpc) is 2.96. The van der Waals surface area contributed by atoms with Crippen LogP contribution in [0.25, 0.3) is 0 Å². The van der Waals surface area contributed by atoms with Gasteiger partial charge in [-0.3, -0.25) is 0 Å². The molecule has 9 atom stereocenters. The van der Waals surface area contributed by atoms with Crippen LogP contribution in [0, 0.1) is 29.6 Å². The van der Waals surface area contributed by atoms with Gasteiger partial charge in [0.25, 0.3) is 0 Å². The second-order valence-electron chi connectivity index (χ2n) is 6.30. The Bertz CT molecular complexity index is 517. The number of allylic oxidation sites excluding steroid dienone is 2. The van der Waals surface area contributed by atoms with Crippen molar-refractivity contribution in [1.29, 1.82) is 0 Å². The van der Waals surface area contributed by atoms with E-state index >= 15 is 0 Å². The minimum atomic E-state index is -1.28. The lowest BCUT2D eigenvalue weighted by Crippen LogP contribution is -2.63. The van der Waals surface area contributed by atoms with E-state index in [1.54, 1.807) is 0 Å². The molecule has 5 rings (SSSR count). The summed E-state index contributed by atoms with van der Waals surface area (Å²) >= 11 is 40.5. The third-order valence-corrected chi connectivity index (χ3v) is 11.3. The molecule has 0 aromatic carbocycles. The number of rotatable bonds is 0. The molecular weight excluding hydrogens is 357 g/mol. The smallest absolute Gasteiger partial charge is 0.119 e. The molecular formula is C12H8Cl6. The van der Waals surface area contributed by atoms with Gasteiger partial charge in [0.1, 0.15) is 9.75 Å². The van der Waals surface area contributed by atoms with Gasteiger partial charge in [-0.1, -0.05) is 35.4 Å². The van der Waals surface area contributed by atoms with Gasteiger partial charge in [-0.05, 0) is 29.6 Å². The van der Waals surface area contributed by atoms with Crippen LogP contribution >= 0.6 is 69.6 Å². The van der Waals surface area contributed by atoms with Crippen molar-refractivity contribution >= 4 is 69.6 Å². The van der Waals surface area contributed by atoms with Gasteiger partial charge < -0.3 is 0 Å². The lowest BCUT2D eigenvalue weighted by molar-refractivity contribution is 0.146. The van der Waals surface area contributed by atoms with Gasteiger partial charge >= 0.3 is 0 Å². The maximum atomic E-state index is 6.92. The highest BCUT2D eigenvalue weighted by atomic mass is 35.5. The molecule has 0 aliphatic heterocycles. The van der Waals surface area contributed by atoms with Gasteiger partial charge in [0, 0.05) is 0 Å². The largest absolute Gasteiger partial charge is 0.160 e. The first-order chi connectivity index (χ1) is 8.25.